The second-order valence-corrected chi connectivity index (χ2v) is 7.06. The third kappa shape index (κ3) is 5.30. The number of nitrogens with one attached hydrogen (secondary N) is 1. The lowest BCUT2D eigenvalue weighted by Gasteiger charge is -2.14. The topological polar surface area (TPSA) is 141 Å². The number of benzene rings is 1. The number of nitrogens with two attached hydrogens (primary N) is 1. The lowest BCUT2D eigenvalue weighted by molar-refractivity contribution is 0.176. The second-order valence-electron chi connectivity index (χ2n) is 6.28. The van der Waals surface area contributed by atoms with E-state index in [1.165, 1.54) is 13.1 Å². The number of oxime groups is 1. The van der Waals surface area contributed by atoms with Crippen molar-refractivity contribution in [3.8, 4) is 11.6 Å². The van der Waals surface area contributed by atoms with Crippen molar-refractivity contribution < 1.29 is 23.9 Å². The molecule has 2 rings (SSSR count). The molecule has 1 amide bonds. The Morgan fingerprint density at radius 1 is 1.43 bits per heavy atom. The van der Waals surface area contributed by atoms with E-state index in [2.05, 4.69) is 20.3 Å². The third-order valence-corrected chi connectivity index (χ3v) is 4.35. The minimum Gasteiger partial charge on any atom is -0.441 e. The van der Waals surface area contributed by atoms with E-state index < -0.39 is 29.2 Å². The first-order valence-corrected chi connectivity index (χ1v) is 9.14. The number of carbonyl (C=O) groups is 1. The van der Waals surface area contributed by atoms with Gasteiger partial charge in [0.1, 0.15) is 5.02 Å². The van der Waals surface area contributed by atoms with Crippen LogP contribution in [0.4, 0.5) is 14.9 Å². The molecular formula is C17H18Cl2FN5O5. The summed E-state index contributed by atoms with van der Waals surface area (Å²) in [5, 5.41) is 16.4. The highest BCUT2D eigenvalue weighted by atomic mass is 35.5. The summed E-state index contributed by atoms with van der Waals surface area (Å²) in [6.45, 7) is 3.11. The van der Waals surface area contributed by atoms with E-state index in [1.807, 2.05) is 13.8 Å². The minimum atomic E-state index is -1.09. The normalized spacial score (nSPS) is 11.5. The fraction of sp³-hybridized carbons (Fsp3) is 0.294. The average Bonchev–Trinajstić information content (AvgIpc) is 2.69. The Morgan fingerprint density at radius 3 is 2.70 bits per heavy atom. The highest BCUT2D eigenvalue weighted by Crippen LogP contribution is 2.41. The van der Waals surface area contributed by atoms with Gasteiger partial charge in [0, 0.05) is 18.7 Å². The van der Waals surface area contributed by atoms with E-state index in [0.29, 0.717) is 5.56 Å². The molecule has 30 heavy (non-hydrogen) atoms. The fourth-order valence-corrected chi connectivity index (χ4v) is 2.78. The van der Waals surface area contributed by atoms with E-state index in [-0.39, 0.29) is 34.0 Å². The summed E-state index contributed by atoms with van der Waals surface area (Å²) < 4.78 is 25.8. The summed E-state index contributed by atoms with van der Waals surface area (Å²) in [7, 11) is 1.44. The number of rotatable bonds is 6. The van der Waals surface area contributed by atoms with Crippen molar-refractivity contribution in [2.45, 2.75) is 19.8 Å². The Bertz CT molecular complexity index is 1060. The van der Waals surface area contributed by atoms with E-state index in [0.717, 1.165) is 10.7 Å². The number of hydrogen-bond donors (Lipinski definition) is 3. The van der Waals surface area contributed by atoms with E-state index in [9.17, 15) is 14.0 Å². The van der Waals surface area contributed by atoms with Crippen LogP contribution in [0, 0.1) is 5.82 Å². The first-order valence-electron chi connectivity index (χ1n) is 8.38. The maximum Gasteiger partial charge on any atom is 0.412 e. The maximum atomic E-state index is 14.6. The van der Waals surface area contributed by atoms with Gasteiger partial charge in [0.25, 0.3) is 5.56 Å². The molecule has 0 saturated heterocycles. The van der Waals surface area contributed by atoms with Crippen molar-refractivity contribution >= 4 is 40.8 Å². The van der Waals surface area contributed by atoms with E-state index in [4.69, 9.17) is 38.9 Å². The molecule has 0 bridgehead atoms. The summed E-state index contributed by atoms with van der Waals surface area (Å²) >= 11 is 12.1. The SMILES string of the molecule is CC(C)c1cc(Oc2c(Cl)cc(NC(=O)OCC(N)=NO)c(F)c2Cl)nn(C)c1=O. The second kappa shape index (κ2) is 9.63. The molecule has 0 radical (unpaired) electrons. The Hall–Kier alpha value is -3.05. The number of aryl methyl sites for hydroxylation is 1. The molecule has 162 valence electrons. The summed E-state index contributed by atoms with van der Waals surface area (Å²) in [6.07, 6.45) is -1.09. The van der Waals surface area contributed by atoms with Gasteiger partial charge in [-0.3, -0.25) is 10.1 Å². The summed E-state index contributed by atoms with van der Waals surface area (Å²) in [6, 6.07) is 2.46. The van der Waals surface area contributed by atoms with Gasteiger partial charge in [-0.25, -0.2) is 13.9 Å². The van der Waals surface area contributed by atoms with Gasteiger partial charge in [0.05, 0.1) is 10.7 Å². The number of amides is 1. The van der Waals surface area contributed by atoms with E-state index >= 15 is 0 Å². The van der Waals surface area contributed by atoms with Gasteiger partial charge in [-0.2, -0.15) is 0 Å². The molecule has 10 nitrogen and oxygen atoms in total. The number of ether oxygens (including phenoxy) is 2. The van der Waals surface area contributed by atoms with Crippen LogP contribution in [0.1, 0.15) is 25.3 Å². The number of aromatic nitrogens is 2. The van der Waals surface area contributed by atoms with Crippen molar-refractivity contribution in [3.63, 3.8) is 0 Å². The van der Waals surface area contributed by atoms with Gasteiger partial charge in [-0.05, 0) is 12.0 Å². The molecule has 0 saturated carbocycles. The van der Waals surface area contributed by atoms with Crippen LogP contribution in [0.15, 0.2) is 22.1 Å². The molecule has 0 atom stereocenters. The first kappa shape index (κ1) is 23.2. The van der Waals surface area contributed by atoms with Crippen molar-refractivity contribution in [2.24, 2.45) is 17.9 Å². The van der Waals surface area contributed by atoms with Crippen LogP contribution in [0.5, 0.6) is 11.6 Å². The smallest absolute Gasteiger partial charge is 0.412 e. The Labute approximate surface area is 180 Å². The largest absolute Gasteiger partial charge is 0.441 e. The Balaban J connectivity index is 2.31. The number of carbonyl (C=O) groups excluding carboxylic acids is 1. The molecule has 0 unspecified atom stereocenters. The van der Waals surface area contributed by atoms with E-state index in [1.54, 1.807) is 0 Å². The first-order chi connectivity index (χ1) is 14.0. The number of anilines is 1. The van der Waals surface area contributed by atoms with Crippen LogP contribution < -0.4 is 21.3 Å². The monoisotopic (exact) mass is 461 g/mol. The van der Waals surface area contributed by atoms with Crippen LogP contribution >= 0.6 is 23.2 Å². The van der Waals surface area contributed by atoms with Gasteiger partial charge in [0.2, 0.25) is 5.88 Å². The van der Waals surface area contributed by atoms with Gasteiger partial charge >= 0.3 is 6.09 Å². The van der Waals surface area contributed by atoms with Crippen LogP contribution in [-0.2, 0) is 11.8 Å². The third-order valence-electron chi connectivity index (χ3n) is 3.73. The lowest BCUT2D eigenvalue weighted by atomic mass is 10.1. The quantitative estimate of drug-likeness (QED) is 0.196. The van der Waals surface area contributed by atoms with Crippen LogP contribution in [0.25, 0.3) is 0 Å². The zero-order valence-corrected chi connectivity index (χ0v) is 17.6. The van der Waals surface area contributed by atoms with Gasteiger partial charge in [-0.15, -0.1) is 5.10 Å². The van der Waals surface area contributed by atoms with Gasteiger partial charge in [-0.1, -0.05) is 42.2 Å². The van der Waals surface area contributed by atoms with Crippen molar-refractivity contribution in [1.29, 1.82) is 0 Å². The highest BCUT2D eigenvalue weighted by molar-refractivity contribution is 6.37. The minimum absolute atomic E-state index is 0.0251. The molecule has 1 aromatic carbocycles. The molecular weight excluding hydrogens is 444 g/mol. The molecule has 0 spiro atoms. The zero-order chi connectivity index (χ0) is 22.6. The standard InChI is InChI=1S/C17H18Cl2FN5O5/c1-7(2)8-4-12(23-25(3)16(8)26)30-15-9(18)5-10(14(20)13(15)19)22-17(27)29-6-11(21)24-28/h4-5,7,28H,6H2,1-3H3,(H2,21,24)(H,22,27). The van der Waals surface area contributed by atoms with Crippen molar-refractivity contribution in [2.75, 3.05) is 11.9 Å². The van der Waals surface area contributed by atoms with Crippen LogP contribution in [-0.4, -0.2) is 33.5 Å². The Kier molecular flexibility index (Phi) is 7.46. The molecule has 2 aromatic rings. The summed E-state index contributed by atoms with van der Waals surface area (Å²) in [4.78, 5) is 23.8. The predicted molar refractivity (Wildman–Crippen MR) is 108 cm³/mol. The van der Waals surface area contributed by atoms with Gasteiger partial charge in [0.15, 0.2) is 24.0 Å². The summed E-state index contributed by atoms with van der Waals surface area (Å²) in [5.74, 6) is -1.81. The molecule has 0 aliphatic carbocycles. The van der Waals surface area contributed by atoms with Crippen molar-refractivity contribution in [1.82, 2.24) is 9.78 Å². The zero-order valence-electron chi connectivity index (χ0n) is 16.1. The maximum absolute atomic E-state index is 14.6. The number of halogens is 3. The summed E-state index contributed by atoms with van der Waals surface area (Å²) in [5.41, 5.74) is 4.91. The highest BCUT2D eigenvalue weighted by Gasteiger charge is 2.21. The molecule has 0 aliphatic rings. The molecule has 13 heteroatoms. The molecule has 1 heterocycles. The van der Waals surface area contributed by atoms with Gasteiger partial charge < -0.3 is 20.4 Å². The van der Waals surface area contributed by atoms with Crippen molar-refractivity contribution in [3.05, 3.63) is 43.9 Å². The molecule has 1 aromatic heterocycles. The molecule has 4 N–H and O–H groups in total. The predicted octanol–water partition coefficient (Wildman–Crippen LogP) is 3.44. The number of hydrogen-bond acceptors (Lipinski definition) is 7. The lowest BCUT2D eigenvalue weighted by Crippen LogP contribution is -2.24. The van der Waals surface area contributed by atoms with Crippen LogP contribution in [0.3, 0.4) is 0 Å². The number of amidine groups is 1. The fourth-order valence-electron chi connectivity index (χ4n) is 2.25. The molecule has 0 fully saturated rings. The van der Waals surface area contributed by atoms with Crippen LogP contribution in [0.2, 0.25) is 10.0 Å². The average molecular weight is 462 g/mol. The number of nitrogens with zero attached hydrogens (tertiary/aromatic N) is 3. The molecule has 0 aliphatic heterocycles. The Morgan fingerprint density at radius 2 is 2.10 bits per heavy atom.